The Morgan fingerprint density at radius 3 is 2.80 bits per heavy atom. The Morgan fingerprint density at radius 1 is 1.25 bits per heavy atom. The van der Waals surface area contributed by atoms with Gasteiger partial charge in [0, 0.05) is 0 Å². The normalized spacial score (nSPS) is 11.2. The summed E-state index contributed by atoms with van der Waals surface area (Å²) in [4.78, 5) is 11.9. The van der Waals surface area contributed by atoms with Gasteiger partial charge >= 0.3 is 6.61 Å². The second kappa shape index (κ2) is 5.01. The lowest BCUT2D eigenvalue weighted by Gasteiger charge is -2.11. The van der Waals surface area contributed by atoms with E-state index in [2.05, 4.69) is 9.84 Å². The number of rotatable bonds is 4. The summed E-state index contributed by atoms with van der Waals surface area (Å²) < 4.78 is 31.1. The van der Waals surface area contributed by atoms with Crippen LogP contribution in [0.1, 0.15) is 9.67 Å². The maximum Gasteiger partial charge on any atom is 0.387 e. The fourth-order valence-electron chi connectivity index (χ4n) is 1.93. The highest BCUT2D eigenvalue weighted by Gasteiger charge is 2.17. The molecule has 0 aromatic carbocycles. The number of hydrogen-bond acceptors (Lipinski definition) is 4. The molecular formula is C13H8F2N2O2S. The number of aldehydes is 1. The summed E-state index contributed by atoms with van der Waals surface area (Å²) in [6, 6.07) is 8.18. The number of carbonyl (C=O) groups is 1. The van der Waals surface area contributed by atoms with Crippen LogP contribution in [0.15, 0.2) is 36.5 Å². The largest absolute Gasteiger partial charge is 0.432 e. The van der Waals surface area contributed by atoms with Crippen LogP contribution in [0.3, 0.4) is 0 Å². The van der Waals surface area contributed by atoms with Crippen LogP contribution in [-0.2, 0) is 0 Å². The molecule has 0 fully saturated rings. The number of hydrogen-bond donors (Lipinski definition) is 0. The van der Waals surface area contributed by atoms with Crippen molar-refractivity contribution in [2.75, 3.05) is 0 Å². The third-order valence-corrected chi connectivity index (χ3v) is 3.73. The zero-order valence-electron chi connectivity index (χ0n) is 9.99. The van der Waals surface area contributed by atoms with Gasteiger partial charge in [-0.3, -0.25) is 4.79 Å². The topological polar surface area (TPSA) is 43.6 Å². The van der Waals surface area contributed by atoms with Gasteiger partial charge in [-0.15, -0.1) is 11.3 Å². The van der Waals surface area contributed by atoms with Crippen LogP contribution < -0.4 is 4.74 Å². The highest BCUT2D eigenvalue weighted by Crippen LogP contribution is 2.35. The number of carbonyl (C=O) groups excluding carboxylic acids is 1. The summed E-state index contributed by atoms with van der Waals surface area (Å²) in [5, 5.41) is 4.11. The molecule has 3 aromatic rings. The molecule has 0 aliphatic carbocycles. The van der Waals surface area contributed by atoms with Crippen molar-refractivity contribution in [2.45, 2.75) is 6.61 Å². The predicted molar refractivity (Wildman–Crippen MR) is 70.5 cm³/mol. The summed E-state index contributed by atoms with van der Waals surface area (Å²) >= 11 is 1.19. The number of aromatic nitrogens is 2. The summed E-state index contributed by atoms with van der Waals surface area (Å²) in [6.07, 6.45) is 2.28. The Bertz CT molecular complexity index is 767. The zero-order chi connectivity index (χ0) is 14.1. The molecule has 3 aromatic heterocycles. The third-order valence-electron chi connectivity index (χ3n) is 2.72. The first-order valence-corrected chi connectivity index (χ1v) is 6.47. The summed E-state index contributed by atoms with van der Waals surface area (Å²) in [7, 11) is 0. The number of alkyl halides is 2. The molecule has 0 unspecified atom stereocenters. The molecule has 3 rings (SSSR count). The number of ether oxygens (including phenoxy) is 1. The van der Waals surface area contributed by atoms with Gasteiger partial charge in [-0.2, -0.15) is 13.9 Å². The Labute approximate surface area is 116 Å². The average Bonchev–Trinajstić information content (AvgIpc) is 3.05. The molecule has 3 heterocycles. The van der Waals surface area contributed by atoms with E-state index in [9.17, 15) is 13.6 Å². The Kier molecular flexibility index (Phi) is 3.19. The minimum absolute atomic E-state index is 0.0236. The van der Waals surface area contributed by atoms with Gasteiger partial charge in [-0.05, 0) is 30.3 Å². The minimum atomic E-state index is -2.92. The van der Waals surface area contributed by atoms with E-state index in [1.54, 1.807) is 30.5 Å². The highest BCUT2D eigenvalue weighted by atomic mass is 32.1. The SMILES string of the molecule is O=Cc1ccc(-c2c(OC(F)F)ccc3ccnn23)s1. The predicted octanol–water partition coefficient (Wildman–Crippen LogP) is 3.48. The zero-order valence-corrected chi connectivity index (χ0v) is 10.8. The van der Waals surface area contributed by atoms with E-state index in [0.717, 1.165) is 5.52 Å². The number of pyridine rings is 1. The smallest absolute Gasteiger partial charge is 0.387 e. The molecule has 0 aliphatic rings. The molecule has 7 heteroatoms. The number of thiophene rings is 1. The second-order valence-corrected chi connectivity index (χ2v) is 5.03. The van der Waals surface area contributed by atoms with E-state index in [1.165, 1.54) is 21.9 Å². The molecule has 0 radical (unpaired) electrons. The third kappa shape index (κ3) is 2.16. The van der Waals surface area contributed by atoms with Gasteiger partial charge in [-0.1, -0.05) is 0 Å². The van der Waals surface area contributed by atoms with Crippen LogP contribution in [0.25, 0.3) is 16.1 Å². The van der Waals surface area contributed by atoms with Crippen LogP contribution in [0.2, 0.25) is 0 Å². The molecule has 0 atom stereocenters. The van der Waals surface area contributed by atoms with Crippen LogP contribution in [-0.4, -0.2) is 22.5 Å². The molecule has 0 amide bonds. The van der Waals surface area contributed by atoms with Gasteiger partial charge in [0.05, 0.1) is 21.5 Å². The second-order valence-electron chi connectivity index (χ2n) is 3.91. The maximum atomic E-state index is 12.5. The molecule has 20 heavy (non-hydrogen) atoms. The van der Waals surface area contributed by atoms with Crippen molar-refractivity contribution in [2.24, 2.45) is 0 Å². The van der Waals surface area contributed by atoms with Crippen LogP contribution >= 0.6 is 11.3 Å². The summed E-state index contributed by atoms with van der Waals surface area (Å²) in [6.45, 7) is -2.92. The fourth-order valence-corrected chi connectivity index (χ4v) is 2.79. The number of fused-ring (bicyclic) bond motifs is 1. The van der Waals surface area contributed by atoms with Crippen molar-refractivity contribution < 1.29 is 18.3 Å². The lowest BCUT2D eigenvalue weighted by atomic mass is 10.2. The quantitative estimate of drug-likeness (QED) is 0.692. The first-order chi connectivity index (χ1) is 9.69. The van der Waals surface area contributed by atoms with Gasteiger partial charge in [0.1, 0.15) is 5.69 Å². The van der Waals surface area contributed by atoms with Crippen LogP contribution in [0, 0.1) is 0 Å². The monoisotopic (exact) mass is 294 g/mol. The van der Waals surface area contributed by atoms with E-state index in [0.29, 0.717) is 21.7 Å². The first kappa shape index (κ1) is 12.7. The van der Waals surface area contributed by atoms with E-state index in [-0.39, 0.29) is 5.75 Å². The molecule has 0 spiro atoms. The lowest BCUT2D eigenvalue weighted by molar-refractivity contribution is -0.0497. The van der Waals surface area contributed by atoms with Crippen LogP contribution in [0.5, 0.6) is 5.75 Å². The standard InChI is InChI=1S/C13H8F2N2O2S/c14-13(15)19-10-3-1-8-5-6-16-17(8)12(10)11-4-2-9(7-18)20-11/h1-7,13H. The van der Waals surface area contributed by atoms with E-state index in [4.69, 9.17) is 0 Å². The first-order valence-electron chi connectivity index (χ1n) is 5.66. The lowest BCUT2D eigenvalue weighted by Crippen LogP contribution is -2.05. The summed E-state index contributed by atoms with van der Waals surface area (Å²) in [5.74, 6) is 0.0236. The fraction of sp³-hybridized carbons (Fsp3) is 0.0769. The molecule has 102 valence electrons. The van der Waals surface area contributed by atoms with E-state index >= 15 is 0 Å². The van der Waals surface area contributed by atoms with Crippen LogP contribution in [0.4, 0.5) is 8.78 Å². The Morgan fingerprint density at radius 2 is 2.10 bits per heavy atom. The van der Waals surface area contributed by atoms with E-state index in [1.807, 2.05) is 0 Å². The van der Waals surface area contributed by atoms with Crippen molar-refractivity contribution in [3.05, 3.63) is 41.4 Å². The molecule has 0 saturated heterocycles. The number of halogens is 2. The molecule has 0 saturated carbocycles. The molecule has 4 nitrogen and oxygen atoms in total. The van der Waals surface area contributed by atoms with Crippen molar-refractivity contribution in [3.8, 4) is 16.3 Å². The average molecular weight is 294 g/mol. The highest BCUT2D eigenvalue weighted by molar-refractivity contribution is 7.17. The van der Waals surface area contributed by atoms with Crippen molar-refractivity contribution in [1.29, 1.82) is 0 Å². The van der Waals surface area contributed by atoms with Crippen molar-refractivity contribution in [1.82, 2.24) is 9.61 Å². The van der Waals surface area contributed by atoms with E-state index < -0.39 is 6.61 Å². The Hall–Kier alpha value is -2.28. The van der Waals surface area contributed by atoms with Gasteiger partial charge in [0.15, 0.2) is 12.0 Å². The van der Waals surface area contributed by atoms with Gasteiger partial charge in [0.25, 0.3) is 0 Å². The summed E-state index contributed by atoms with van der Waals surface area (Å²) in [5.41, 5.74) is 1.16. The van der Waals surface area contributed by atoms with Crippen molar-refractivity contribution >= 4 is 23.1 Å². The van der Waals surface area contributed by atoms with Crippen molar-refractivity contribution in [3.63, 3.8) is 0 Å². The van der Waals surface area contributed by atoms with Gasteiger partial charge in [-0.25, -0.2) is 4.52 Å². The van der Waals surface area contributed by atoms with Gasteiger partial charge in [0.2, 0.25) is 0 Å². The molecule has 0 aliphatic heterocycles. The molecule has 0 N–H and O–H groups in total. The Balaban J connectivity index is 2.23. The van der Waals surface area contributed by atoms with Gasteiger partial charge < -0.3 is 4.74 Å². The maximum absolute atomic E-state index is 12.5. The number of nitrogens with zero attached hydrogens (tertiary/aromatic N) is 2. The molecular weight excluding hydrogens is 286 g/mol. The molecule has 0 bridgehead atoms. The minimum Gasteiger partial charge on any atom is -0.432 e.